The number of carbonyl (C=O) groups is 1. The fraction of sp³-hybridized carbons (Fsp3) is 0.250. The topological polar surface area (TPSA) is 60.2 Å². The van der Waals surface area contributed by atoms with E-state index in [4.69, 9.17) is 16.3 Å². The lowest BCUT2D eigenvalue weighted by molar-refractivity contribution is 0.0723. The number of benzene rings is 2. The summed E-state index contributed by atoms with van der Waals surface area (Å²) < 4.78 is 6.94. The summed E-state index contributed by atoms with van der Waals surface area (Å²) in [6.45, 7) is 1.48. The molecule has 0 fully saturated rings. The SMILES string of the molecule is COCc1c(C(=O)N2CCc3ccccc3C2)nnn1-c1ccc(Cl)cc1. The first-order chi connectivity index (χ1) is 13.2. The average Bonchev–Trinajstić information content (AvgIpc) is 3.11. The van der Waals surface area contributed by atoms with Gasteiger partial charge in [-0.3, -0.25) is 4.79 Å². The van der Waals surface area contributed by atoms with Crippen molar-refractivity contribution >= 4 is 17.5 Å². The quantitative estimate of drug-likeness (QED) is 0.694. The number of fused-ring (bicyclic) bond motifs is 1. The molecule has 0 bridgehead atoms. The van der Waals surface area contributed by atoms with E-state index in [0.717, 1.165) is 12.1 Å². The second-order valence-corrected chi connectivity index (χ2v) is 6.89. The first-order valence-electron chi connectivity index (χ1n) is 8.73. The lowest BCUT2D eigenvalue weighted by Crippen LogP contribution is -2.36. The van der Waals surface area contributed by atoms with Gasteiger partial charge in [-0.25, -0.2) is 4.68 Å². The zero-order valence-electron chi connectivity index (χ0n) is 14.9. The number of halogens is 1. The van der Waals surface area contributed by atoms with Gasteiger partial charge in [0, 0.05) is 25.2 Å². The average molecular weight is 383 g/mol. The van der Waals surface area contributed by atoms with Crippen LogP contribution in [0.4, 0.5) is 0 Å². The maximum Gasteiger partial charge on any atom is 0.276 e. The lowest BCUT2D eigenvalue weighted by atomic mass is 9.99. The summed E-state index contributed by atoms with van der Waals surface area (Å²) in [5, 5.41) is 9.00. The van der Waals surface area contributed by atoms with Gasteiger partial charge in [0.25, 0.3) is 5.91 Å². The Morgan fingerprint density at radius 1 is 1.15 bits per heavy atom. The summed E-state index contributed by atoms with van der Waals surface area (Å²) in [7, 11) is 1.59. The molecule has 1 aliphatic rings. The van der Waals surface area contributed by atoms with Crippen LogP contribution >= 0.6 is 11.6 Å². The highest BCUT2D eigenvalue weighted by molar-refractivity contribution is 6.30. The van der Waals surface area contributed by atoms with Gasteiger partial charge >= 0.3 is 0 Å². The standard InChI is InChI=1S/C20H19ClN4O2/c1-27-13-18-19(22-23-25(18)17-8-6-16(21)7-9-17)20(26)24-11-10-14-4-2-3-5-15(14)12-24/h2-9H,10-13H2,1H3. The molecule has 3 aromatic rings. The van der Waals surface area contributed by atoms with E-state index >= 15 is 0 Å². The molecular weight excluding hydrogens is 364 g/mol. The molecule has 0 saturated carbocycles. The van der Waals surface area contributed by atoms with E-state index in [1.807, 2.05) is 29.2 Å². The zero-order valence-corrected chi connectivity index (χ0v) is 15.7. The Kier molecular flexibility index (Phi) is 4.92. The summed E-state index contributed by atoms with van der Waals surface area (Å²) in [5.74, 6) is -0.128. The number of amides is 1. The molecule has 4 rings (SSSR count). The number of hydrogen-bond acceptors (Lipinski definition) is 4. The van der Waals surface area contributed by atoms with Gasteiger partial charge < -0.3 is 9.64 Å². The van der Waals surface area contributed by atoms with Crippen molar-refractivity contribution in [3.63, 3.8) is 0 Å². The van der Waals surface area contributed by atoms with Crippen LogP contribution in [0.5, 0.6) is 0 Å². The molecule has 1 aromatic heterocycles. The Bertz CT molecular complexity index is 968. The molecule has 27 heavy (non-hydrogen) atoms. The summed E-state index contributed by atoms with van der Waals surface area (Å²) in [4.78, 5) is 15.0. The molecule has 2 heterocycles. The van der Waals surface area contributed by atoms with E-state index in [-0.39, 0.29) is 12.5 Å². The molecule has 7 heteroatoms. The maximum atomic E-state index is 13.1. The minimum Gasteiger partial charge on any atom is -0.378 e. The third-order valence-corrected chi connectivity index (χ3v) is 4.99. The predicted octanol–water partition coefficient (Wildman–Crippen LogP) is 3.27. The molecular formula is C20H19ClN4O2. The van der Waals surface area contributed by atoms with Crippen LogP contribution in [0.15, 0.2) is 48.5 Å². The van der Waals surface area contributed by atoms with Crippen LogP contribution in [-0.4, -0.2) is 39.5 Å². The third-order valence-electron chi connectivity index (χ3n) is 4.74. The highest BCUT2D eigenvalue weighted by Crippen LogP contribution is 2.22. The zero-order chi connectivity index (χ0) is 18.8. The van der Waals surface area contributed by atoms with Crippen LogP contribution in [-0.2, 0) is 24.3 Å². The summed E-state index contributed by atoms with van der Waals surface area (Å²) >= 11 is 5.97. The van der Waals surface area contributed by atoms with Crippen molar-refractivity contribution in [3.8, 4) is 5.69 Å². The predicted molar refractivity (Wildman–Crippen MR) is 102 cm³/mol. The Labute approximate surface area is 162 Å². The number of methoxy groups -OCH3 is 1. The Morgan fingerprint density at radius 3 is 2.63 bits per heavy atom. The van der Waals surface area contributed by atoms with Crippen molar-refractivity contribution in [2.75, 3.05) is 13.7 Å². The lowest BCUT2D eigenvalue weighted by Gasteiger charge is -2.28. The normalized spacial score (nSPS) is 13.5. The molecule has 1 amide bonds. The van der Waals surface area contributed by atoms with Gasteiger partial charge in [-0.1, -0.05) is 41.1 Å². The summed E-state index contributed by atoms with van der Waals surface area (Å²) in [5.41, 5.74) is 4.20. The van der Waals surface area contributed by atoms with Gasteiger partial charge in [0.05, 0.1) is 12.3 Å². The van der Waals surface area contributed by atoms with Gasteiger partial charge in [0.2, 0.25) is 0 Å². The van der Waals surface area contributed by atoms with Crippen molar-refractivity contribution in [2.45, 2.75) is 19.6 Å². The van der Waals surface area contributed by atoms with Crippen molar-refractivity contribution < 1.29 is 9.53 Å². The van der Waals surface area contributed by atoms with Crippen LogP contribution in [0.1, 0.15) is 27.3 Å². The first-order valence-corrected chi connectivity index (χ1v) is 9.10. The minimum atomic E-state index is -0.128. The molecule has 1 aliphatic heterocycles. The Balaban J connectivity index is 1.65. The first kappa shape index (κ1) is 17.7. The number of carbonyl (C=O) groups excluding carboxylic acids is 1. The van der Waals surface area contributed by atoms with Crippen LogP contribution in [0, 0.1) is 0 Å². The largest absolute Gasteiger partial charge is 0.378 e. The van der Waals surface area contributed by atoms with Crippen molar-refractivity contribution in [2.24, 2.45) is 0 Å². The van der Waals surface area contributed by atoms with Crippen LogP contribution in [0.25, 0.3) is 5.69 Å². The van der Waals surface area contributed by atoms with Gasteiger partial charge in [-0.2, -0.15) is 0 Å². The van der Waals surface area contributed by atoms with Crippen molar-refractivity contribution in [1.29, 1.82) is 0 Å². The van der Waals surface area contributed by atoms with Gasteiger partial charge in [0.1, 0.15) is 5.69 Å². The van der Waals surface area contributed by atoms with E-state index < -0.39 is 0 Å². The fourth-order valence-corrected chi connectivity index (χ4v) is 3.47. The van der Waals surface area contributed by atoms with Crippen LogP contribution < -0.4 is 0 Å². The fourth-order valence-electron chi connectivity index (χ4n) is 3.34. The van der Waals surface area contributed by atoms with E-state index in [1.165, 1.54) is 11.1 Å². The Hall–Kier alpha value is -2.70. The molecule has 0 atom stereocenters. The smallest absolute Gasteiger partial charge is 0.276 e. The number of ether oxygens (including phenoxy) is 1. The molecule has 0 spiro atoms. The number of hydrogen-bond donors (Lipinski definition) is 0. The number of nitrogens with zero attached hydrogens (tertiary/aromatic N) is 4. The van der Waals surface area contributed by atoms with Gasteiger partial charge in [-0.15, -0.1) is 5.10 Å². The summed E-state index contributed by atoms with van der Waals surface area (Å²) in [6, 6.07) is 15.4. The van der Waals surface area contributed by atoms with Crippen LogP contribution in [0.2, 0.25) is 5.02 Å². The molecule has 138 valence electrons. The molecule has 0 N–H and O–H groups in total. The highest BCUT2D eigenvalue weighted by atomic mass is 35.5. The summed E-state index contributed by atoms with van der Waals surface area (Å²) in [6.07, 6.45) is 0.840. The van der Waals surface area contributed by atoms with Crippen molar-refractivity contribution in [3.05, 3.63) is 76.1 Å². The van der Waals surface area contributed by atoms with E-state index in [0.29, 0.717) is 29.5 Å². The van der Waals surface area contributed by atoms with E-state index in [1.54, 1.807) is 23.9 Å². The molecule has 0 unspecified atom stereocenters. The molecule has 2 aromatic carbocycles. The molecule has 0 aliphatic carbocycles. The highest BCUT2D eigenvalue weighted by Gasteiger charge is 2.27. The Morgan fingerprint density at radius 2 is 1.89 bits per heavy atom. The number of aromatic nitrogens is 3. The minimum absolute atomic E-state index is 0.128. The molecule has 0 radical (unpaired) electrons. The maximum absolute atomic E-state index is 13.1. The monoisotopic (exact) mass is 382 g/mol. The van der Waals surface area contributed by atoms with Crippen molar-refractivity contribution in [1.82, 2.24) is 19.9 Å². The second kappa shape index (κ2) is 7.50. The van der Waals surface area contributed by atoms with Gasteiger partial charge in [-0.05, 0) is 41.8 Å². The van der Waals surface area contributed by atoms with E-state index in [2.05, 4.69) is 22.4 Å². The third kappa shape index (κ3) is 3.46. The van der Waals surface area contributed by atoms with E-state index in [9.17, 15) is 4.79 Å². The second-order valence-electron chi connectivity index (χ2n) is 6.45. The molecule has 0 saturated heterocycles. The van der Waals surface area contributed by atoms with Gasteiger partial charge in [0.15, 0.2) is 5.69 Å². The number of rotatable bonds is 4. The van der Waals surface area contributed by atoms with Crippen LogP contribution in [0.3, 0.4) is 0 Å². The molecule has 6 nitrogen and oxygen atoms in total.